The molecular weight excluding hydrogens is 578 g/mol. The summed E-state index contributed by atoms with van der Waals surface area (Å²) < 4.78 is 11.5. The van der Waals surface area contributed by atoms with E-state index in [-0.39, 0.29) is 5.78 Å². The Bertz CT molecular complexity index is 1910. The fourth-order valence-corrected chi connectivity index (χ4v) is 5.02. The maximum atomic E-state index is 12.5. The van der Waals surface area contributed by atoms with Crippen molar-refractivity contribution < 1.29 is 14.3 Å². The van der Waals surface area contributed by atoms with Crippen molar-refractivity contribution in [2.45, 2.75) is 39.3 Å². The Morgan fingerprint density at radius 2 is 1.02 bits per heavy atom. The summed E-state index contributed by atoms with van der Waals surface area (Å²) in [6, 6.07) is 10.6. The second kappa shape index (κ2) is 11.6. The number of nitrogens with one attached hydrogen (secondary N) is 1. The average Bonchev–Trinajstić information content (AvgIpc) is 3.88. The molecule has 12 bridgehead atoms. The van der Waals surface area contributed by atoms with Gasteiger partial charge in [-0.3, -0.25) is 4.79 Å². The van der Waals surface area contributed by atoms with Gasteiger partial charge in [0, 0.05) is 18.7 Å². The number of hydrogen-bond acceptors (Lipinski definition) is 12. The SMILES string of the molecule is COC(=O)c1cc2cc(c1)-n1cc(nn1)CNCc1cn(nn1)-c1cc(C(C)=O)cc(c1)-n1cc(nn1)CCCc1cn-2nn1. The van der Waals surface area contributed by atoms with E-state index in [0.29, 0.717) is 71.2 Å². The third-order valence-corrected chi connectivity index (χ3v) is 7.33. The lowest BCUT2D eigenvalue weighted by Gasteiger charge is -2.08. The van der Waals surface area contributed by atoms with Gasteiger partial charge in [-0.25, -0.2) is 23.5 Å². The number of hydrogen-bond donors (Lipinski definition) is 1. The molecule has 0 amide bonds. The second-order valence-electron chi connectivity index (χ2n) is 10.6. The van der Waals surface area contributed by atoms with E-state index in [4.69, 9.17) is 4.74 Å². The lowest BCUT2D eigenvalue weighted by atomic mass is 10.1. The van der Waals surface area contributed by atoms with Crippen LogP contribution in [-0.2, 0) is 30.7 Å². The Morgan fingerprint density at radius 1 is 0.622 bits per heavy atom. The molecular formula is C29H27N13O3. The minimum absolute atomic E-state index is 0.0811. The lowest BCUT2D eigenvalue weighted by Crippen LogP contribution is -2.13. The number of ether oxygens (including phenoxy) is 1. The summed E-state index contributed by atoms with van der Waals surface area (Å²) in [4.78, 5) is 24.9. The van der Waals surface area contributed by atoms with Crippen molar-refractivity contribution in [1.29, 1.82) is 0 Å². The summed E-state index contributed by atoms with van der Waals surface area (Å²) >= 11 is 0. The molecule has 1 N–H and O–H groups in total. The molecule has 16 heteroatoms. The third-order valence-electron chi connectivity index (χ3n) is 7.33. The van der Waals surface area contributed by atoms with E-state index in [2.05, 4.69) is 46.6 Å². The molecule has 0 radical (unpaired) electrons. The standard InChI is InChI=1S/C29H27N13O3/c1-18(43)19-6-25-10-26(7-19)41-16-23(33-37-41)12-30-13-24-17-42(38-34-24)28-9-20(29(44)45-2)8-27(11-28)40-15-22(32-36-40)5-3-4-21-14-39(25)35-31-21/h6-11,14-17,30H,3-5,12-13H2,1-2H3. The summed E-state index contributed by atoms with van der Waals surface area (Å²) in [5, 5.41) is 37.7. The van der Waals surface area contributed by atoms with Gasteiger partial charge in [0.25, 0.3) is 0 Å². The number of nitrogens with zero attached hydrogens (tertiary/aromatic N) is 12. The smallest absolute Gasteiger partial charge is 0.338 e. The van der Waals surface area contributed by atoms with Gasteiger partial charge in [-0.1, -0.05) is 20.9 Å². The van der Waals surface area contributed by atoms with Crippen molar-refractivity contribution in [2.75, 3.05) is 7.11 Å². The van der Waals surface area contributed by atoms with E-state index in [1.165, 1.54) is 14.0 Å². The fourth-order valence-electron chi connectivity index (χ4n) is 5.02. The summed E-state index contributed by atoms with van der Waals surface area (Å²) in [6.07, 6.45) is 9.31. The Morgan fingerprint density at radius 3 is 1.44 bits per heavy atom. The summed E-state index contributed by atoms with van der Waals surface area (Å²) in [6.45, 7) is 2.34. The summed E-state index contributed by atoms with van der Waals surface area (Å²) in [5.74, 6) is -0.569. The topological polar surface area (TPSA) is 178 Å². The van der Waals surface area contributed by atoms with Gasteiger partial charge in [0.15, 0.2) is 5.78 Å². The maximum absolute atomic E-state index is 12.5. The van der Waals surface area contributed by atoms with E-state index in [1.54, 1.807) is 55.4 Å². The number of methoxy groups -OCH3 is 1. The van der Waals surface area contributed by atoms with Crippen molar-refractivity contribution in [3.63, 3.8) is 0 Å². The first-order chi connectivity index (χ1) is 21.9. The number of fused-ring (bicyclic) bond motifs is 16. The van der Waals surface area contributed by atoms with Gasteiger partial charge in [-0.05, 0) is 62.6 Å². The zero-order valence-electron chi connectivity index (χ0n) is 24.4. The molecule has 6 aromatic rings. The highest BCUT2D eigenvalue weighted by Crippen LogP contribution is 2.20. The largest absolute Gasteiger partial charge is 0.465 e. The first-order valence-corrected chi connectivity index (χ1v) is 14.2. The minimum atomic E-state index is -0.488. The highest BCUT2D eigenvalue weighted by atomic mass is 16.5. The van der Waals surface area contributed by atoms with Gasteiger partial charge < -0.3 is 10.1 Å². The first-order valence-electron chi connectivity index (χ1n) is 14.2. The van der Waals surface area contributed by atoms with Gasteiger partial charge in [-0.2, -0.15) is 0 Å². The van der Waals surface area contributed by atoms with E-state index >= 15 is 0 Å². The molecule has 226 valence electrons. The Labute approximate surface area is 255 Å². The number of esters is 1. The molecule has 0 atom stereocenters. The van der Waals surface area contributed by atoms with Crippen LogP contribution in [-0.4, -0.2) is 78.8 Å². The predicted molar refractivity (Wildman–Crippen MR) is 156 cm³/mol. The molecule has 4 aromatic heterocycles. The molecule has 2 aromatic carbocycles. The van der Waals surface area contributed by atoms with E-state index < -0.39 is 5.97 Å². The molecule has 5 heterocycles. The fraction of sp³-hybridized carbons (Fsp3) is 0.241. The van der Waals surface area contributed by atoms with E-state index in [9.17, 15) is 9.59 Å². The van der Waals surface area contributed by atoms with E-state index in [1.807, 2.05) is 24.5 Å². The van der Waals surface area contributed by atoms with Crippen LogP contribution in [0.2, 0.25) is 0 Å². The maximum Gasteiger partial charge on any atom is 0.338 e. The van der Waals surface area contributed by atoms with Crippen LogP contribution in [0.4, 0.5) is 0 Å². The summed E-state index contributed by atoms with van der Waals surface area (Å²) in [5.41, 5.74) is 6.38. The molecule has 0 spiro atoms. The van der Waals surface area contributed by atoms with Gasteiger partial charge >= 0.3 is 5.97 Å². The zero-order valence-corrected chi connectivity index (χ0v) is 24.4. The minimum Gasteiger partial charge on any atom is -0.465 e. The van der Waals surface area contributed by atoms with Gasteiger partial charge in [0.1, 0.15) is 0 Å². The average molecular weight is 606 g/mol. The van der Waals surface area contributed by atoms with E-state index in [0.717, 1.165) is 17.8 Å². The highest BCUT2D eigenvalue weighted by Gasteiger charge is 2.15. The number of aryl methyl sites for hydroxylation is 2. The van der Waals surface area contributed by atoms with Crippen LogP contribution >= 0.6 is 0 Å². The third kappa shape index (κ3) is 5.85. The molecule has 0 saturated heterocycles. The molecule has 0 unspecified atom stereocenters. The van der Waals surface area contributed by atoms with Crippen LogP contribution in [0.5, 0.6) is 0 Å². The van der Waals surface area contributed by atoms with Crippen LogP contribution in [0.3, 0.4) is 0 Å². The van der Waals surface area contributed by atoms with Crippen LogP contribution in [0, 0.1) is 0 Å². The van der Waals surface area contributed by atoms with Crippen molar-refractivity contribution >= 4 is 11.8 Å². The Balaban J connectivity index is 1.24. The van der Waals surface area contributed by atoms with Crippen LogP contribution < -0.4 is 5.32 Å². The molecule has 0 saturated carbocycles. The normalized spacial score (nSPS) is 13.2. The quantitative estimate of drug-likeness (QED) is 0.224. The van der Waals surface area contributed by atoms with Crippen molar-refractivity contribution in [3.05, 3.63) is 95.1 Å². The summed E-state index contributed by atoms with van der Waals surface area (Å²) in [7, 11) is 1.34. The molecule has 7 rings (SSSR count). The Kier molecular flexibility index (Phi) is 7.22. The molecule has 0 aliphatic carbocycles. The number of carbonyl (C=O) groups is 2. The van der Waals surface area contributed by atoms with Crippen molar-refractivity contribution in [1.82, 2.24) is 65.3 Å². The number of carbonyl (C=O) groups excluding carboxylic acids is 2. The monoisotopic (exact) mass is 605 g/mol. The molecule has 45 heavy (non-hydrogen) atoms. The van der Waals surface area contributed by atoms with Gasteiger partial charge in [-0.15, -0.1) is 20.4 Å². The Hall–Kier alpha value is -5.90. The molecule has 1 aliphatic heterocycles. The second-order valence-corrected chi connectivity index (χ2v) is 10.6. The predicted octanol–water partition coefficient (Wildman–Crippen LogP) is 1.78. The number of rotatable bonds is 2. The number of Topliss-reactive ketones (excluding diaryl/α,β-unsaturated/α-hetero) is 1. The van der Waals surface area contributed by atoms with Gasteiger partial charge in [0.05, 0.1) is 83.0 Å². The molecule has 0 fully saturated rings. The van der Waals surface area contributed by atoms with Crippen LogP contribution in [0.1, 0.15) is 56.8 Å². The van der Waals surface area contributed by atoms with Gasteiger partial charge in [0.2, 0.25) is 0 Å². The zero-order chi connectivity index (χ0) is 30.9. The highest BCUT2D eigenvalue weighted by molar-refractivity contribution is 5.95. The lowest BCUT2D eigenvalue weighted by molar-refractivity contribution is 0.0600. The number of ketones is 1. The van der Waals surface area contributed by atoms with Crippen LogP contribution in [0.15, 0.2) is 61.2 Å². The number of aromatic nitrogens is 12. The molecule has 16 nitrogen and oxygen atoms in total. The van der Waals surface area contributed by atoms with Crippen molar-refractivity contribution in [2.24, 2.45) is 0 Å². The number of benzene rings is 2. The molecule has 1 aliphatic rings. The van der Waals surface area contributed by atoms with Crippen LogP contribution in [0.25, 0.3) is 22.7 Å². The van der Waals surface area contributed by atoms with Crippen molar-refractivity contribution in [3.8, 4) is 22.7 Å². The first kappa shape index (κ1) is 27.9.